The summed E-state index contributed by atoms with van der Waals surface area (Å²) >= 11 is 0. The van der Waals surface area contributed by atoms with E-state index in [0.29, 0.717) is 6.04 Å². The summed E-state index contributed by atoms with van der Waals surface area (Å²) in [6, 6.07) is 20.2. The number of anilines is 1. The maximum Gasteiger partial charge on any atom is 0.0450 e. The second-order valence-electron chi connectivity index (χ2n) is 6.15. The van der Waals surface area contributed by atoms with Crippen molar-refractivity contribution in [3.63, 3.8) is 0 Å². The molecule has 2 heteroatoms. The smallest absolute Gasteiger partial charge is 0.0450 e. The highest BCUT2D eigenvalue weighted by molar-refractivity contribution is 5.49. The third-order valence-corrected chi connectivity index (χ3v) is 4.65. The van der Waals surface area contributed by atoms with E-state index in [1.807, 2.05) is 0 Å². The van der Waals surface area contributed by atoms with Crippen molar-refractivity contribution in [3.8, 4) is 0 Å². The summed E-state index contributed by atoms with van der Waals surface area (Å²) in [6.07, 6.45) is 5.51. The molecule has 1 atom stereocenters. The highest BCUT2D eigenvalue weighted by Gasteiger charge is 2.23. The van der Waals surface area contributed by atoms with Crippen LogP contribution in [0.1, 0.15) is 30.4 Å². The molecule has 2 aromatic carbocycles. The predicted octanol–water partition coefficient (Wildman–Crippen LogP) is 3.82. The van der Waals surface area contributed by atoms with Crippen molar-refractivity contribution in [2.75, 3.05) is 18.1 Å². The molecule has 0 spiro atoms. The molecule has 2 aromatic rings. The first-order valence-electron chi connectivity index (χ1n) is 8.37. The van der Waals surface area contributed by atoms with Crippen molar-refractivity contribution in [1.82, 2.24) is 0 Å². The van der Waals surface area contributed by atoms with E-state index >= 15 is 0 Å². The van der Waals surface area contributed by atoms with E-state index in [4.69, 9.17) is 0 Å². The number of nitrogens with zero attached hydrogens (tertiary/aromatic N) is 1. The average molecular weight is 295 g/mol. The zero-order valence-corrected chi connectivity index (χ0v) is 13.1. The van der Waals surface area contributed by atoms with E-state index in [1.165, 1.54) is 29.7 Å². The minimum absolute atomic E-state index is 0.288. The van der Waals surface area contributed by atoms with Crippen LogP contribution in [0.25, 0.3) is 0 Å². The van der Waals surface area contributed by atoms with Gasteiger partial charge in [0.15, 0.2) is 0 Å². The average Bonchev–Trinajstić information content (AvgIpc) is 3.03. The molecule has 1 aliphatic rings. The minimum atomic E-state index is 0.288. The molecule has 3 rings (SSSR count). The van der Waals surface area contributed by atoms with Crippen LogP contribution >= 0.6 is 0 Å². The molecule has 1 heterocycles. The van der Waals surface area contributed by atoms with Crippen molar-refractivity contribution in [2.24, 2.45) is 0 Å². The second-order valence-corrected chi connectivity index (χ2v) is 6.15. The first-order valence-corrected chi connectivity index (χ1v) is 8.37. The lowest BCUT2D eigenvalue weighted by molar-refractivity contribution is 0.276. The number of hydrogen-bond acceptors (Lipinski definition) is 2. The van der Waals surface area contributed by atoms with Crippen molar-refractivity contribution in [2.45, 2.75) is 38.1 Å². The highest BCUT2D eigenvalue weighted by Crippen LogP contribution is 2.27. The molecule has 22 heavy (non-hydrogen) atoms. The Bertz CT molecular complexity index is 564. The largest absolute Gasteiger partial charge is 0.396 e. The Labute approximate surface area is 133 Å². The van der Waals surface area contributed by atoms with Crippen molar-refractivity contribution in [1.29, 1.82) is 0 Å². The van der Waals surface area contributed by atoms with Crippen LogP contribution in [-0.2, 0) is 12.8 Å². The predicted molar refractivity (Wildman–Crippen MR) is 92.4 cm³/mol. The van der Waals surface area contributed by atoms with Crippen LogP contribution in [0.5, 0.6) is 0 Å². The van der Waals surface area contributed by atoms with Gasteiger partial charge in [0.2, 0.25) is 0 Å². The van der Waals surface area contributed by atoms with Gasteiger partial charge in [-0.15, -0.1) is 0 Å². The monoisotopic (exact) mass is 295 g/mol. The van der Waals surface area contributed by atoms with Crippen LogP contribution in [-0.4, -0.2) is 24.3 Å². The van der Waals surface area contributed by atoms with E-state index < -0.39 is 0 Å². The number of aliphatic hydroxyl groups is 1. The topological polar surface area (TPSA) is 23.5 Å². The number of aryl methyl sites for hydroxylation is 2. The Balaban J connectivity index is 1.60. The molecule has 0 radical (unpaired) electrons. The quantitative estimate of drug-likeness (QED) is 0.875. The molecule has 1 saturated heterocycles. The normalized spacial score (nSPS) is 17.9. The Hall–Kier alpha value is -1.80. The van der Waals surface area contributed by atoms with Gasteiger partial charge in [-0.05, 0) is 55.4 Å². The standard InChI is InChI=1S/C20H25NO/c22-16-14-19-7-4-15-21(19)20-12-10-18(11-13-20)9-8-17-5-2-1-3-6-17/h1-3,5-6,10-13,19,22H,4,7-9,14-16H2. The zero-order valence-electron chi connectivity index (χ0n) is 13.1. The van der Waals surface area contributed by atoms with Crippen LogP contribution in [0.15, 0.2) is 54.6 Å². The number of benzene rings is 2. The molecule has 0 bridgehead atoms. The fourth-order valence-corrected chi connectivity index (χ4v) is 3.41. The molecule has 116 valence electrons. The van der Waals surface area contributed by atoms with Crippen LogP contribution in [0.4, 0.5) is 5.69 Å². The second kappa shape index (κ2) is 7.46. The molecular formula is C20H25NO. The summed E-state index contributed by atoms with van der Waals surface area (Å²) in [7, 11) is 0. The Morgan fingerprint density at radius 3 is 2.27 bits per heavy atom. The summed E-state index contributed by atoms with van der Waals surface area (Å²) in [5.74, 6) is 0. The number of rotatable bonds is 6. The maximum atomic E-state index is 9.19. The van der Waals surface area contributed by atoms with Gasteiger partial charge in [-0.3, -0.25) is 0 Å². The van der Waals surface area contributed by atoms with E-state index in [2.05, 4.69) is 59.5 Å². The molecule has 1 unspecified atom stereocenters. The molecule has 0 aromatic heterocycles. The fraction of sp³-hybridized carbons (Fsp3) is 0.400. The number of hydrogen-bond donors (Lipinski definition) is 1. The van der Waals surface area contributed by atoms with E-state index in [1.54, 1.807) is 0 Å². The van der Waals surface area contributed by atoms with Gasteiger partial charge < -0.3 is 10.0 Å². The van der Waals surface area contributed by atoms with Gasteiger partial charge in [0, 0.05) is 24.9 Å². The lowest BCUT2D eigenvalue weighted by atomic mass is 10.0. The SMILES string of the molecule is OCCC1CCCN1c1ccc(CCc2ccccc2)cc1. The summed E-state index contributed by atoms with van der Waals surface area (Å²) in [5, 5.41) is 9.19. The Morgan fingerprint density at radius 1 is 0.909 bits per heavy atom. The lowest BCUT2D eigenvalue weighted by Gasteiger charge is -2.26. The fourth-order valence-electron chi connectivity index (χ4n) is 3.41. The number of aliphatic hydroxyl groups excluding tert-OH is 1. The van der Waals surface area contributed by atoms with Gasteiger partial charge in [0.25, 0.3) is 0 Å². The molecule has 1 aliphatic heterocycles. The van der Waals surface area contributed by atoms with Crippen LogP contribution in [0.2, 0.25) is 0 Å². The lowest BCUT2D eigenvalue weighted by Crippen LogP contribution is -2.29. The van der Waals surface area contributed by atoms with Gasteiger partial charge in [-0.1, -0.05) is 42.5 Å². The summed E-state index contributed by atoms with van der Waals surface area (Å²) in [5.41, 5.74) is 4.10. The van der Waals surface area contributed by atoms with Crippen molar-refractivity contribution >= 4 is 5.69 Å². The summed E-state index contributed by atoms with van der Waals surface area (Å²) in [4.78, 5) is 2.46. The molecule has 0 saturated carbocycles. The molecular weight excluding hydrogens is 270 g/mol. The summed E-state index contributed by atoms with van der Waals surface area (Å²) < 4.78 is 0. The van der Waals surface area contributed by atoms with Crippen molar-refractivity contribution < 1.29 is 5.11 Å². The molecule has 1 fully saturated rings. The van der Waals surface area contributed by atoms with Gasteiger partial charge >= 0.3 is 0 Å². The molecule has 2 nitrogen and oxygen atoms in total. The van der Waals surface area contributed by atoms with Gasteiger partial charge in [0.05, 0.1) is 0 Å². The minimum Gasteiger partial charge on any atom is -0.396 e. The molecule has 1 N–H and O–H groups in total. The zero-order chi connectivity index (χ0) is 15.2. The van der Waals surface area contributed by atoms with Crippen LogP contribution < -0.4 is 4.90 Å². The van der Waals surface area contributed by atoms with Crippen molar-refractivity contribution in [3.05, 3.63) is 65.7 Å². The summed E-state index contributed by atoms with van der Waals surface area (Å²) in [6.45, 7) is 1.41. The highest BCUT2D eigenvalue weighted by atomic mass is 16.3. The van der Waals surface area contributed by atoms with Gasteiger partial charge in [0.1, 0.15) is 0 Å². The first-order chi connectivity index (χ1) is 10.9. The molecule has 0 amide bonds. The van der Waals surface area contributed by atoms with E-state index in [9.17, 15) is 5.11 Å². The van der Waals surface area contributed by atoms with Crippen LogP contribution in [0, 0.1) is 0 Å². The van der Waals surface area contributed by atoms with Gasteiger partial charge in [-0.25, -0.2) is 0 Å². The maximum absolute atomic E-state index is 9.19. The third kappa shape index (κ3) is 3.69. The first kappa shape index (κ1) is 15.1. The molecule has 0 aliphatic carbocycles. The Morgan fingerprint density at radius 2 is 1.59 bits per heavy atom. The third-order valence-electron chi connectivity index (χ3n) is 4.65. The van der Waals surface area contributed by atoms with Crippen LogP contribution in [0.3, 0.4) is 0 Å². The van der Waals surface area contributed by atoms with E-state index in [0.717, 1.165) is 25.8 Å². The van der Waals surface area contributed by atoms with E-state index in [-0.39, 0.29) is 6.61 Å². The Kier molecular flexibility index (Phi) is 5.12. The van der Waals surface area contributed by atoms with Gasteiger partial charge in [-0.2, -0.15) is 0 Å².